The van der Waals surface area contributed by atoms with Crippen LogP contribution in [0.2, 0.25) is 0 Å². The van der Waals surface area contributed by atoms with Crippen LogP contribution in [0, 0.1) is 5.92 Å². The second-order valence-electron chi connectivity index (χ2n) is 4.44. The van der Waals surface area contributed by atoms with Crippen LogP contribution in [0.4, 0.5) is 0 Å². The van der Waals surface area contributed by atoms with Gasteiger partial charge in [0.2, 0.25) is 11.8 Å². The number of amides is 2. The van der Waals surface area contributed by atoms with Crippen molar-refractivity contribution >= 4 is 11.8 Å². The minimum absolute atomic E-state index is 0.0407. The molecule has 0 saturated heterocycles. The third-order valence-electron chi connectivity index (χ3n) is 2.32. The number of hydrogen-bond acceptors (Lipinski definition) is 2. The SMILES string of the molecule is CC(C)CC(=O)NCc1ccc(C(N)=O)cc1. The summed E-state index contributed by atoms with van der Waals surface area (Å²) in [5, 5.41) is 2.82. The number of hydrogen-bond donors (Lipinski definition) is 2. The maximum absolute atomic E-state index is 11.4. The summed E-state index contributed by atoms with van der Waals surface area (Å²) in [5.41, 5.74) is 6.56. The third kappa shape index (κ3) is 4.68. The third-order valence-corrected chi connectivity index (χ3v) is 2.32. The summed E-state index contributed by atoms with van der Waals surface area (Å²) in [5.74, 6) is -0.0494. The molecule has 0 fully saturated rings. The second kappa shape index (κ2) is 6.03. The average Bonchev–Trinajstić information content (AvgIpc) is 2.26. The minimum Gasteiger partial charge on any atom is -0.366 e. The van der Waals surface area contributed by atoms with E-state index in [9.17, 15) is 9.59 Å². The van der Waals surface area contributed by atoms with Crippen LogP contribution in [0.5, 0.6) is 0 Å². The molecule has 0 aliphatic rings. The number of nitrogens with two attached hydrogens (primary N) is 1. The molecule has 92 valence electrons. The van der Waals surface area contributed by atoms with Crippen molar-refractivity contribution in [3.8, 4) is 0 Å². The normalized spacial score (nSPS) is 10.3. The number of carbonyl (C=O) groups is 2. The monoisotopic (exact) mass is 234 g/mol. The van der Waals surface area contributed by atoms with Crippen molar-refractivity contribution in [3.63, 3.8) is 0 Å². The highest BCUT2D eigenvalue weighted by Gasteiger charge is 2.04. The van der Waals surface area contributed by atoms with E-state index in [0.717, 1.165) is 5.56 Å². The Morgan fingerprint density at radius 3 is 2.29 bits per heavy atom. The van der Waals surface area contributed by atoms with Gasteiger partial charge in [-0.1, -0.05) is 26.0 Å². The molecule has 0 aliphatic carbocycles. The Morgan fingerprint density at radius 2 is 1.82 bits per heavy atom. The molecule has 0 heterocycles. The number of rotatable bonds is 5. The molecule has 2 amide bonds. The molecule has 17 heavy (non-hydrogen) atoms. The standard InChI is InChI=1S/C13H18N2O2/c1-9(2)7-12(16)15-8-10-3-5-11(6-4-10)13(14)17/h3-6,9H,7-8H2,1-2H3,(H2,14,17)(H,15,16). The van der Waals surface area contributed by atoms with Gasteiger partial charge in [0.05, 0.1) is 0 Å². The smallest absolute Gasteiger partial charge is 0.248 e. The summed E-state index contributed by atoms with van der Waals surface area (Å²) in [6, 6.07) is 6.89. The van der Waals surface area contributed by atoms with Gasteiger partial charge in [-0.3, -0.25) is 9.59 Å². The average molecular weight is 234 g/mol. The summed E-state index contributed by atoms with van der Waals surface area (Å²) < 4.78 is 0. The quantitative estimate of drug-likeness (QED) is 0.809. The number of carbonyl (C=O) groups excluding carboxylic acids is 2. The Hall–Kier alpha value is -1.84. The molecule has 0 atom stereocenters. The van der Waals surface area contributed by atoms with Crippen LogP contribution in [0.25, 0.3) is 0 Å². The Balaban J connectivity index is 2.47. The fraction of sp³-hybridized carbons (Fsp3) is 0.385. The first kappa shape index (κ1) is 13.2. The first-order valence-corrected chi connectivity index (χ1v) is 5.64. The lowest BCUT2D eigenvalue weighted by Gasteiger charge is -2.07. The molecule has 0 radical (unpaired) electrons. The van der Waals surface area contributed by atoms with Crippen LogP contribution in [-0.4, -0.2) is 11.8 Å². The highest BCUT2D eigenvalue weighted by atomic mass is 16.1. The van der Waals surface area contributed by atoms with Crippen molar-refractivity contribution in [1.29, 1.82) is 0 Å². The van der Waals surface area contributed by atoms with E-state index in [0.29, 0.717) is 24.4 Å². The van der Waals surface area contributed by atoms with Gasteiger partial charge >= 0.3 is 0 Å². The molecule has 1 aromatic rings. The van der Waals surface area contributed by atoms with Gasteiger partial charge in [-0.15, -0.1) is 0 Å². The summed E-state index contributed by atoms with van der Waals surface area (Å²) in [6.07, 6.45) is 0.527. The van der Waals surface area contributed by atoms with Crippen molar-refractivity contribution in [1.82, 2.24) is 5.32 Å². The summed E-state index contributed by atoms with van der Waals surface area (Å²) in [7, 11) is 0. The number of benzene rings is 1. The molecule has 0 bridgehead atoms. The van der Waals surface area contributed by atoms with Gasteiger partial charge < -0.3 is 11.1 Å². The molecule has 0 aliphatic heterocycles. The summed E-state index contributed by atoms with van der Waals surface area (Å²) in [6.45, 7) is 4.48. The predicted molar refractivity (Wildman–Crippen MR) is 66.3 cm³/mol. The van der Waals surface area contributed by atoms with Crippen LogP contribution < -0.4 is 11.1 Å². The largest absolute Gasteiger partial charge is 0.366 e. The van der Waals surface area contributed by atoms with E-state index in [4.69, 9.17) is 5.73 Å². The molecule has 0 aromatic heterocycles. The van der Waals surface area contributed by atoms with Gasteiger partial charge in [0, 0.05) is 18.5 Å². The van der Waals surface area contributed by atoms with E-state index in [1.807, 2.05) is 13.8 Å². The zero-order valence-electron chi connectivity index (χ0n) is 10.2. The molecule has 4 heteroatoms. The maximum atomic E-state index is 11.4. The van der Waals surface area contributed by atoms with Crippen LogP contribution in [0.15, 0.2) is 24.3 Å². The Morgan fingerprint density at radius 1 is 1.24 bits per heavy atom. The number of primary amides is 1. The Kier molecular flexibility index (Phi) is 4.69. The summed E-state index contributed by atoms with van der Waals surface area (Å²) >= 11 is 0. The zero-order chi connectivity index (χ0) is 12.8. The van der Waals surface area contributed by atoms with Gasteiger partial charge in [0.25, 0.3) is 0 Å². The zero-order valence-corrected chi connectivity index (χ0v) is 10.2. The molecule has 0 spiro atoms. The Bertz CT molecular complexity index is 396. The molecular formula is C13H18N2O2. The van der Waals surface area contributed by atoms with E-state index < -0.39 is 5.91 Å². The molecule has 0 unspecified atom stereocenters. The van der Waals surface area contributed by atoms with Gasteiger partial charge in [0.15, 0.2) is 0 Å². The van der Waals surface area contributed by atoms with E-state index in [-0.39, 0.29) is 5.91 Å². The van der Waals surface area contributed by atoms with E-state index in [1.54, 1.807) is 24.3 Å². The van der Waals surface area contributed by atoms with Crippen molar-refractivity contribution in [2.24, 2.45) is 11.7 Å². The fourth-order valence-corrected chi connectivity index (χ4v) is 1.43. The molecule has 4 nitrogen and oxygen atoms in total. The topological polar surface area (TPSA) is 72.2 Å². The highest BCUT2D eigenvalue weighted by Crippen LogP contribution is 2.04. The van der Waals surface area contributed by atoms with Gasteiger partial charge in [0.1, 0.15) is 0 Å². The van der Waals surface area contributed by atoms with Crippen molar-refractivity contribution in [2.75, 3.05) is 0 Å². The van der Waals surface area contributed by atoms with E-state index >= 15 is 0 Å². The van der Waals surface area contributed by atoms with Crippen LogP contribution in [0.3, 0.4) is 0 Å². The molecule has 1 aromatic carbocycles. The van der Waals surface area contributed by atoms with E-state index in [1.165, 1.54) is 0 Å². The molecular weight excluding hydrogens is 216 g/mol. The van der Waals surface area contributed by atoms with Gasteiger partial charge in [-0.2, -0.15) is 0 Å². The Labute approximate surface area is 101 Å². The first-order valence-electron chi connectivity index (χ1n) is 5.64. The predicted octanol–water partition coefficient (Wildman–Crippen LogP) is 1.45. The van der Waals surface area contributed by atoms with Gasteiger partial charge in [-0.25, -0.2) is 0 Å². The van der Waals surface area contributed by atoms with Crippen LogP contribution >= 0.6 is 0 Å². The van der Waals surface area contributed by atoms with Crippen LogP contribution in [0.1, 0.15) is 36.2 Å². The number of nitrogens with one attached hydrogen (secondary N) is 1. The van der Waals surface area contributed by atoms with Crippen molar-refractivity contribution in [2.45, 2.75) is 26.8 Å². The highest BCUT2D eigenvalue weighted by molar-refractivity contribution is 5.92. The van der Waals surface area contributed by atoms with Crippen molar-refractivity contribution < 1.29 is 9.59 Å². The fourth-order valence-electron chi connectivity index (χ4n) is 1.43. The lowest BCUT2D eigenvalue weighted by molar-refractivity contribution is -0.121. The van der Waals surface area contributed by atoms with Crippen LogP contribution in [-0.2, 0) is 11.3 Å². The maximum Gasteiger partial charge on any atom is 0.248 e. The first-order chi connectivity index (χ1) is 7.99. The lowest BCUT2D eigenvalue weighted by Crippen LogP contribution is -2.23. The minimum atomic E-state index is -0.444. The lowest BCUT2D eigenvalue weighted by atomic mass is 10.1. The second-order valence-corrected chi connectivity index (χ2v) is 4.44. The van der Waals surface area contributed by atoms with E-state index in [2.05, 4.69) is 5.32 Å². The molecule has 1 rings (SSSR count). The molecule has 0 saturated carbocycles. The van der Waals surface area contributed by atoms with Gasteiger partial charge in [-0.05, 0) is 23.6 Å². The van der Waals surface area contributed by atoms with Crippen molar-refractivity contribution in [3.05, 3.63) is 35.4 Å². The molecule has 3 N–H and O–H groups in total. The summed E-state index contributed by atoms with van der Waals surface area (Å²) in [4.78, 5) is 22.3.